The van der Waals surface area contributed by atoms with Gasteiger partial charge in [-0.05, 0) is 44.7 Å². The molecule has 0 radical (unpaired) electrons. The molecular weight excluding hydrogens is 310 g/mol. The van der Waals surface area contributed by atoms with Crippen LogP contribution < -0.4 is 0 Å². The molecule has 0 amide bonds. The van der Waals surface area contributed by atoms with Gasteiger partial charge in [0.05, 0.1) is 15.9 Å². The second-order valence-electron chi connectivity index (χ2n) is 6.53. The molecule has 6 nitrogen and oxygen atoms in total. The predicted molar refractivity (Wildman–Crippen MR) is 88.8 cm³/mol. The number of ketones is 1. The van der Waals surface area contributed by atoms with Gasteiger partial charge >= 0.3 is 5.97 Å². The van der Waals surface area contributed by atoms with Crippen LogP contribution in [0.15, 0.2) is 24.3 Å². The molecule has 24 heavy (non-hydrogen) atoms. The van der Waals surface area contributed by atoms with E-state index in [1.54, 1.807) is 0 Å². The number of carbonyl (C=O) groups excluding carboxylic acids is 2. The van der Waals surface area contributed by atoms with E-state index < -0.39 is 22.4 Å². The maximum atomic E-state index is 12.5. The first kappa shape index (κ1) is 18.1. The number of nitro groups is 1. The van der Waals surface area contributed by atoms with E-state index in [1.165, 1.54) is 24.3 Å². The van der Waals surface area contributed by atoms with Gasteiger partial charge in [-0.2, -0.15) is 0 Å². The molecule has 0 heterocycles. The highest BCUT2D eigenvalue weighted by atomic mass is 16.6. The number of hydrogen-bond acceptors (Lipinski definition) is 5. The Kier molecular flexibility index (Phi) is 5.70. The largest absolute Gasteiger partial charge is 0.458 e. The molecule has 1 aliphatic rings. The summed E-state index contributed by atoms with van der Waals surface area (Å²) in [5, 5.41) is 10.7. The maximum Gasteiger partial charge on any atom is 0.338 e. The lowest BCUT2D eigenvalue weighted by Crippen LogP contribution is -2.38. The minimum Gasteiger partial charge on any atom is -0.458 e. The zero-order valence-corrected chi connectivity index (χ0v) is 14.1. The first-order valence-corrected chi connectivity index (χ1v) is 8.37. The molecular formula is C18H23NO5. The van der Waals surface area contributed by atoms with Crippen LogP contribution in [0.2, 0.25) is 0 Å². The highest BCUT2D eigenvalue weighted by Crippen LogP contribution is 2.42. The first-order chi connectivity index (χ1) is 11.4. The minimum absolute atomic E-state index is 0.0769. The lowest BCUT2D eigenvalue weighted by Gasteiger charge is -2.29. The Hall–Kier alpha value is -2.24. The van der Waals surface area contributed by atoms with Crippen LogP contribution in [0.3, 0.4) is 0 Å². The van der Waals surface area contributed by atoms with E-state index in [4.69, 9.17) is 4.74 Å². The van der Waals surface area contributed by atoms with Gasteiger partial charge in [-0.1, -0.05) is 13.3 Å². The highest BCUT2D eigenvalue weighted by molar-refractivity contribution is 5.91. The van der Waals surface area contributed by atoms with Crippen molar-refractivity contribution in [2.45, 2.75) is 58.5 Å². The van der Waals surface area contributed by atoms with E-state index in [-0.39, 0.29) is 17.0 Å². The topological polar surface area (TPSA) is 86.5 Å². The van der Waals surface area contributed by atoms with Crippen molar-refractivity contribution < 1.29 is 19.2 Å². The molecule has 1 aromatic carbocycles. The second kappa shape index (κ2) is 7.55. The van der Waals surface area contributed by atoms with Crippen LogP contribution >= 0.6 is 0 Å². The molecule has 0 saturated heterocycles. The molecule has 0 unspecified atom stereocenters. The molecule has 1 saturated carbocycles. The van der Waals surface area contributed by atoms with Gasteiger partial charge in [0.15, 0.2) is 0 Å². The summed E-state index contributed by atoms with van der Waals surface area (Å²) < 4.78 is 5.58. The van der Waals surface area contributed by atoms with Gasteiger partial charge in [-0.25, -0.2) is 4.79 Å². The van der Waals surface area contributed by atoms with Crippen LogP contribution in [-0.4, -0.2) is 22.8 Å². The van der Waals surface area contributed by atoms with Crippen molar-refractivity contribution >= 4 is 17.4 Å². The van der Waals surface area contributed by atoms with Crippen molar-refractivity contribution in [1.29, 1.82) is 0 Å². The van der Waals surface area contributed by atoms with Gasteiger partial charge < -0.3 is 4.74 Å². The van der Waals surface area contributed by atoms with Crippen LogP contribution in [0.4, 0.5) is 5.69 Å². The molecule has 2 rings (SSSR count). The number of esters is 1. The number of unbranched alkanes of at least 4 members (excludes halogenated alkanes) is 1. The average Bonchev–Trinajstić information content (AvgIpc) is 2.94. The first-order valence-electron chi connectivity index (χ1n) is 8.37. The molecule has 1 fully saturated rings. The van der Waals surface area contributed by atoms with Crippen molar-refractivity contribution in [2.24, 2.45) is 5.41 Å². The van der Waals surface area contributed by atoms with Gasteiger partial charge in [-0.15, -0.1) is 0 Å². The smallest absolute Gasteiger partial charge is 0.338 e. The summed E-state index contributed by atoms with van der Waals surface area (Å²) in [7, 11) is 0. The number of non-ortho nitro benzene ring substituents is 1. The fraction of sp³-hybridized carbons (Fsp3) is 0.556. The highest BCUT2D eigenvalue weighted by Gasteiger charge is 2.46. The second-order valence-corrected chi connectivity index (χ2v) is 6.53. The summed E-state index contributed by atoms with van der Waals surface area (Å²) in [6.07, 6.45) is 4.14. The molecule has 130 valence electrons. The third-order valence-electron chi connectivity index (χ3n) is 4.83. The van der Waals surface area contributed by atoms with Crippen LogP contribution in [0.25, 0.3) is 0 Å². The van der Waals surface area contributed by atoms with Gasteiger partial charge in [0.1, 0.15) is 11.9 Å². The normalized spacial score (nSPS) is 23.0. The average molecular weight is 333 g/mol. The number of nitrogens with zero attached hydrogens (tertiary/aromatic N) is 1. The third kappa shape index (κ3) is 3.80. The molecule has 0 N–H and O–H groups in total. The molecule has 0 aliphatic heterocycles. The molecule has 0 aromatic heterocycles. The van der Waals surface area contributed by atoms with E-state index in [2.05, 4.69) is 0 Å². The quantitative estimate of drug-likeness (QED) is 0.426. The van der Waals surface area contributed by atoms with Gasteiger partial charge in [0, 0.05) is 18.6 Å². The van der Waals surface area contributed by atoms with Crippen LogP contribution in [-0.2, 0) is 9.53 Å². The van der Waals surface area contributed by atoms with Crippen LogP contribution in [0, 0.1) is 15.5 Å². The number of Topliss-reactive ketones (excluding diaryl/α,β-unsaturated/α-hetero) is 1. The molecule has 6 heteroatoms. The Morgan fingerprint density at radius 2 is 2.00 bits per heavy atom. The van der Waals surface area contributed by atoms with E-state index in [9.17, 15) is 19.7 Å². The third-order valence-corrected chi connectivity index (χ3v) is 4.83. The SMILES string of the molecule is CCCCC(=O)[C@]1(C)CCC[C@@H]1OC(=O)c1ccc([N+](=O)[O-])cc1. The standard InChI is InChI=1S/C18H23NO5/c1-3-4-6-15(20)18(2)12-5-7-16(18)24-17(21)13-8-10-14(11-9-13)19(22)23/h8-11,16H,3-7,12H2,1-2H3/t16-,18-/m0/s1. The Balaban J connectivity index is 2.06. The maximum absolute atomic E-state index is 12.5. The van der Waals surface area contributed by atoms with Crippen LogP contribution in [0.5, 0.6) is 0 Å². The van der Waals surface area contributed by atoms with Gasteiger partial charge in [0.25, 0.3) is 5.69 Å². The summed E-state index contributed by atoms with van der Waals surface area (Å²) in [5.74, 6) is -0.380. The van der Waals surface area contributed by atoms with Crippen molar-refractivity contribution in [1.82, 2.24) is 0 Å². The molecule has 1 aliphatic carbocycles. The minimum atomic E-state index is -0.619. The molecule has 0 spiro atoms. The fourth-order valence-corrected chi connectivity index (χ4v) is 3.18. The zero-order valence-electron chi connectivity index (χ0n) is 14.1. The van der Waals surface area contributed by atoms with Crippen molar-refractivity contribution in [2.75, 3.05) is 0 Å². The lowest BCUT2D eigenvalue weighted by atomic mass is 9.80. The van der Waals surface area contributed by atoms with Crippen LogP contribution in [0.1, 0.15) is 62.7 Å². The fourth-order valence-electron chi connectivity index (χ4n) is 3.18. The number of nitro benzene ring substituents is 1. The number of ether oxygens (including phenoxy) is 1. The molecule has 2 atom stereocenters. The van der Waals surface area contributed by atoms with E-state index in [0.29, 0.717) is 12.8 Å². The number of rotatable bonds is 7. The summed E-state index contributed by atoms with van der Waals surface area (Å²) in [4.78, 5) is 35.0. The summed E-state index contributed by atoms with van der Waals surface area (Å²) in [6, 6.07) is 5.31. The number of hydrogen-bond donors (Lipinski definition) is 0. The summed E-state index contributed by atoms with van der Waals surface area (Å²) >= 11 is 0. The van der Waals surface area contributed by atoms with Crippen molar-refractivity contribution in [3.63, 3.8) is 0 Å². The summed E-state index contributed by atoms with van der Waals surface area (Å²) in [6.45, 7) is 3.92. The number of carbonyl (C=O) groups is 2. The molecule has 1 aromatic rings. The predicted octanol–water partition coefficient (Wildman–Crippen LogP) is 4.07. The van der Waals surface area contributed by atoms with E-state index in [0.717, 1.165) is 25.7 Å². The monoisotopic (exact) mass is 333 g/mol. The van der Waals surface area contributed by atoms with Gasteiger partial charge in [0.2, 0.25) is 0 Å². The van der Waals surface area contributed by atoms with Crippen molar-refractivity contribution in [3.8, 4) is 0 Å². The zero-order chi connectivity index (χ0) is 17.7. The van der Waals surface area contributed by atoms with Gasteiger partial charge in [-0.3, -0.25) is 14.9 Å². The Morgan fingerprint density at radius 1 is 1.33 bits per heavy atom. The van der Waals surface area contributed by atoms with E-state index in [1.807, 2.05) is 13.8 Å². The van der Waals surface area contributed by atoms with Crippen molar-refractivity contribution in [3.05, 3.63) is 39.9 Å². The molecule has 0 bridgehead atoms. The Morgan fingerprint density at radius 3 is 2.58 bits per heavy atom. The lowest BCUT2D eigenvalue weighted by molar-refractivity contribution is -0.384. The van der Waals surface area contributed by atoms with E-state index >= 15 is 0 Å². The Bertz CT molecular complexity index is 625. The number of benzene rings is 1. The Labute approximate surface area is 141 Å². The summed E-state index contributed by atoms with van der Waals surface area (Å²) in [5.41, 5.74) is -0.436.